The first-order valence-corrected chi connectivity index (χ1v) is 11.8. The molecule has 0 radical (unpaired) electrons. The van der Waals surface area contributed by atoms with Gasteiger partial charge in [0.15, 0.2) is 11.5 Å². The molecule has 0 aliphatic heterocycles. The van der Waals surface area contributed by atoms with E-state index in [1.165, 1.54) is 31.1 Å². The van der Waals surface area contributed by atoms with Crippen molar-refractivity contribution in [2.75, 3.05) is 14.2 Å². The lowest BCUT2D eigenvalue weighted by Crippen LogP contribution is -2.33. The first kappa shape index (κ1) is 27.6. The van der Waals surface area contributed by atoms with Crippen LogP contribution in [0.15, 0.2) is 56.8 Å². The van der Waals surface area contributed by atoms with Crippen molar-refractivity contribution in [1.82, 2.24) is 9.99 Å². The number of carbonyl (C=O) groups excluding carboxylic acids is 1. The summed E-state index contributed by atoms with van der Waals surface area (Å²) in [6.07, 6.45) is 1.39. The lowest BCUT2D eigenvalue weighted by atomic mass is 10.1. The second-order valence-corrected chi connectivity index (χ2v) is 8.67. The van der Waals surface area contributed by atoms with Crippen molar-refractivity contribution in [2.24, 2.45) is 5.10 Å². The Morgan fingerprint density at radius 3 is 2.62 bits per heavy atom. The Morgan fingerprint density at radius 1 is 1.19 bits per heavy atom. The molecule has 192 valence electrons. The topological polar surface area (TPSA) is 115 Å². The molecule has 0 aliphatic carbocycles. The Kier molecular flexibility index (Phi) is 9.54. The molecule has 0 bridgehead atoms. The first-order valence-electron chi connectivity index (χ1n) is 11.0. The van der Waals surface area contributed by atoms with E-state index >= 15 is 0 Å². The van der Waals surface area contributed by atoms with Crippen molar-refractivity contribution in [3.8, 4) is 17.6 Å². The zero-order valence-electron chi connectivity index (χ0n) is 20.4. The van der Waals surface area contributed by atoms with Crippen LogP contribution in [0, 0.1) is 24.1 Å². The summed E-state index contributed by atoms with van der Waals surface area (Å²) >= 11 is 3.43. The molecule has 3 rings (SSSR count). The summed E-state index contributed by atoms with van der Waals surface area (Å²) in [6.45, 7) is 1.47. The minimum atomic E-state index is -0.577. The Morgan fingerprint density at radius 2 is 1.95 bits per heavy atom. The number of nitrogens with zero attached hydrogens (tertiary/aromatic N) is 3. The van der Waals surface area contributed by atoms with Crippen molar-refractivity contribution in [3.63, 3.8) is 0 Å². The molecule has 1 N–H and O–H groups in total. The maximum absolute atomic E-state index is 13.9. The zero-order chi connectivity index (χ0) is 26.9. The number of benzene rings is 2. The number of nitrogens with one attached hydrogen (secondary N) is 1. The number of aromatic nitrogens is 1. The average molecular weight is 571 g/mol. The maximum atomic E-state index is 13.9. The van der Waals surface area contributed by atoms with Gasteiger partial charge < -0.3 is 18.8 Å². The number of pyridine rings is 1. The summed E-state index contributed by atoms with van der Waals surface area (Å²) in [5, 5.41) is 13.3. The Hall–Kier alpha value is -4.01. The second kappa shape index (κ2) is 12.8. The van der Waals surface area contributed by atoms with E-state index in [9.17, 15) is 19.2 Å². The van der Waals surface area contributed by atoms with Crippen molar-refractivity contribution >= 4 is 28.1 Å². The molecular formula is C26H24BrFN4O5. The molecule has 2 aromatic carbocycles. The number of carbonyl (C=O) groups is 1. The minimum Gasteiger partial charge on any atom is -0.493 e. The van der Waals surface area contributed by atoms with Gasteiger partial charge in [-0.3, -0.25) is 9.59 Å². The van der Waals surface area contributed by atoms with E-state index in [0.717, 1.165) is 0 Å². The van der Waals surface area contributed by atoms with Crippen LogP contribution in [0.1, 0.15) is 27.9 Å². The predicted octanol–water partition coefficient (Wildman–Crippen LogP) is 3.81. The lowest BCUT2D eigenvalue weighted by Gasteiger charge is -2.13. The monoisotopic (exact) mass is 570 g/mol. The summed E-state index contributed by atoms with van der Waals surface area (Å²) < 4.78 is 31.8. The van der Waals surface area contributed by atoms with Crippen molar-refractivity contribution in [1.29, 1.82) is 5.26 Å². The van der Waals surface area contributed by atoms with E-state index in [2.05, 4.69) is 26.5 Å². The van der Waals surface area contributed by atoms with Gasteiger partial charge in [0.05, 0.1) is 19.9 Å². The van der Waals surface area contributed by atoms with Crippen LogP contribution in [-0.4, -0.2) is 30.9 Å². The third-order valence-electron chi connectivity index (χ3n) is 5.32. The highest BCUT2D eigenvalue weighted by atomic mass is 79.9. The summed E-state index contributed by atoms with van der Waals surface area (Å²) in [6, 6.07) is 13.1. The highest BCUT2D eigenvalue weighted by molar-refractivity contribution is 9.10. The average Bonchev–Trinajstić information content (AvgIpc) is 2.87. The minimum absolute atomic E-state index is 0.0116. The molecule has 0 unspecified atom stereocenters. The predicted molar refractivity (Wildman–Crippen MR) is 138 cm³/mol. The second-order valence-electron chi connectivity index (χ2n) is 7.82. The summed E-state index contributed by atoms with van der Waals surface area (Å²) in [7, 11) is 2.93. The third kappa shape index (κ3) is 6.81. The highest BCUT2D eigenvalue weighted by Crippen LogP contribution is 2.33. The fraction of sp³-hybridized carbons (Fsp3) is 0.231. The molecule has 3 aromatic rings. The van der Waals surface area contributed by atoms with E-state index in [1.54, 1.807) is 43.3 Å². The van der Waals surface area contributed by atoms with Crippen LogP contribution in [0.5, 0.6) is 11.5 Å². The number of amides is 1. The van der Waals surface area contributed by atoms with E-state index in [4.69, 9.17) is 14.2 Å². The molecule has 0 spiro atoms. The van der Waals surface area contributed by atoms with Gasteiger partial charge >= 0.3 is 0 Å². The molecule has 37 heavy (non-hydrogen) atoms. The molecule has 11 heteroatoms. The molecule has 1 amide bonds. The quantitative estimate of drug-likeness (QED) is 0.293. The third-order valence-corrected chi connectivity index (χ3v) is 6.01. The Labute approximate surface area is 221 Å². The SMILES string of the molecule is COCc1cc(C)n(CC(=O)NN=Cc2cc(OC)c(OCc3ccccc3F)cc2Br)c(=O)c1C#N. The first-order chi connectivity index (χ1) is 17.8. The standard InChI is InChI=1S/C26H24BrFN4O5/c1-16-8-19(14-35-2)20(11-29)26(34)32(16)13-25(33)31-30-12-18-9-23(36-3)24(10-21(18)27)37-15-17-6-4-5-7-22(17)28/h4-10,12H,13-15H2,1-3H3,(H,31,33). The number of nitriles is 1. The molecule has 0 saturated heterocycles. The molecule has 1 aromatic heterocycles. The summed E-state index contributed by atoms with van der Waals surface area (Å²) in [4.78, 5) is 25.1. The number of hydrazone groups is 1. The smallest absolute Gasteiger partial charge is 0.269 e. The zero-order valence-corrected chi connectivity index (χ0v) is 22.0. The van der Waals surface area contributed by atoms with Crippen LogP contribution in [0.4, 0.5) is 4.39 Å². The fourth-order valence-electron chi connectivity index (χ4n) is 3.47. The Bertz CT molecular complexity index is 1430. The van der Waals surface area contributed by atoms with Crippen LogP contribution in [0.2, 0.25) is 0 Å². The number of hydrogen-bond donors (Lipinski definition) is 1. The number of hydrogen-bond acceptors (Lipinski definition) is 7. The highest BCUT2D eigenvalue weighted by Gasteiger charge is 2.15. The molecule has 0 saturated carbocycles. The maximum Gasteiger partial charge on any atom is 0.269 e. The number of halogens is 2. The number of rotatable bonds is 10. The Balaban J connectivity index is 1.70. The van der Waals surface area contributed by atoms with Crippen LogP contribution in [0.25, 0.3) is 0 Å². The normalized spacial score (nSPS) is 10.8. The van der Waals surface area contributed by atoms with Gasteiger partial charge in [0.1, 0.15) is 30.6 Å². The van der Waals surface area contributed by atoms with E-state index in [1.807, 2.05) is 6.07 Å². The van der Waals surface area contributed by atoms with Gasteiger partial charge in [0.2, 0.25) is 0 Å². The van der Waals surface area contributed by atoms with Gasteiger partial charge in [-0.05, 0) is 47.1 Å². The van der Waals surface area contributed by atoms with E-state index in [0.29, 0.717) is 38.4 Å². The largest absolute Gasteiger partial charge is 0.493 e. The lowest BCUT2D eigenvalue weighted by molar-refractivity contribution is -0.121. The van der Waals surface area contributed by atoms with Gasteiger partial charge in [-0.1, -0.05) is 18.2 Å². The van der Waals surface area contributed by atoms with Crippen LogP contribution in [0.3, 0.4) is 0 Å². The van der Waals surface area contributed by atoms with Gasteiger partial charge in [-0.2, -0.15) is 10.4 Å². The summed E-state index contributed by atoms with van der Waals surface area (Å²) in [5.41, 5.74) is 3.66. The van der Waals surface area contributed by atoms with E-state index < -0.39 is 11.5 Å². The summed E-state index contributed by atoms with van der Waals surface area (Å²) in [5.74, 6) is -0.154. The van der Waals surface area contributed by atoms with Crippen LogP contribution < -0.4 is 20.5 Å². The molecular weight excluding hydrogens is 547 g/mol. The van der Waals surface area contributed by atoms with Gasteiger partial charge in [0, 0.05) is 34.0 Å². The number of methoxy groups -OCH3 is 2. The van der Waals surface area contributed by atoms with Crippen molar-refractivity contribution in [2.45, 2.75) is 26.7 Å². The van der Waals surface area contributed by atoms with Gasteiger partial charge in [-0.25, -0.2) is 9.82 Å². The van der Waals surface area contributed by atoms with Crippen LogP contribution in [-0.2, 0) is 29.3 Å². The van der Waals surface area contributed by atoms with E-state index in [-0.39, 0.29) is 31.1 Å². The molecule has 1 heterocycles. The number of aryl methyl sites for hydroxylation is 1. The van der Waals surface area contributed by atoms with Crippen LogP contribution >= 0.6 is 15.9 Å². The number of ether oxygens (including phenoxy) is 3. The molecule has 0 aliphatic rings. The molecule has 0 atom stereocenters. The fourth-order valence-corrected chi connectivity index (χ4v) is 3.89. The van der Waals surface area contributed by atoms with Gasteiger partial charge in [0.25, 0.3) is 11.5 Å². The molecule has 9 nitrogen and oxygen atoms in total. The molecule has 0 fully saturated rings. The van der Waals surface area contributed by atoms with Crippen molar-refractivity contribution < 1.29 is 23.4 Å². The van der Waals surface area contributed by atoms with Gasteiger partial charge in [-0.15, -0.1) is 0 Å². The van der Waals surface area contributed by atoms with Crippen molar-refractivity contribution in [3.05, 3.63) is 91.1 Å².